The van der Waals surface area contributed by atoms with Crippen LogP contribution in [0.1, 0.15) is 26.3 Å². The van der Waals surface area contributed by atoms with Gasteiger partial charge in [0.2, 0.25) is 0 Å². The van der Waals surface area contributed by atoms with Crippen molar-refractivity contribution < 1.29 is 18.0 Å². The lowest BCUT2D eigenvalue weighted by Gasteiger charge is -2.18. The molecule has 0 aliphatic rings. The van der Waals surface area contributed by atoms with Crippen LogP contribution in [0.2, 0.25) is 0 Å². The van der Waals surface area contributed by atoms with Crippen LogP contribution in [0.15, 0.2) is 36.0 Å². The minimum Gasteiger partial charge on any atom is -0.351 e. The van der Waals surface area contributed by atoms with Crippen LogP contribution in [0.5, 0.6) is 0 Å². The molecule has 0 amide bonds. The molecule has 0 aliphatic carbocycles. The van der Waals surface area contributed by atoms with Gasteiger partial charge in [-0.1, -0.05) is 38.5 Å². The van der Waals surface area contributed by atoms with Crippen LogP contribution in [0.4, 0.5) is 18.9 Å². The summed E-state index contributed by atoms with van der Waals surface area (Å²) < 4.78 is 38.9. The predicted octanol–water partition coefficient (Wildman–Crippen LogP) is 4.47. The van der Waals surface area contributed by atoms with Crippen molar-refractivity contribution in [3.63, 3.8) is 0 Å². The number of anilines is 1. The lowest BCUT2D eigenvalue weighted by molar-refractivity contribution is -0.122. The summed E-state index contributed by atoms with van der Waals surface area (Å²) in [5, 5.41) is 2.26. The molecule has 2 nitrogen and oxygen atoms in total. The fourth-order valence-corrected chi connectivity index (χ4v) is 1.33. The summed E-state index contributed by atoms with van der Waals surface area (Å²) >= 11 is 0. The summed E-state index contributed by atoms with van der Waals surface area (Å²) in [5.74, 6) is -0.579. The molecule has 0 bridgehead atoms. The van der Waals surface area contributed by atoms with Gasteiger partial charge in [-0.15, -0.1) is 0 Å². The Labute approximate surface area is 116 Å². The van der Waals surface area contributed by atoms with Crippen LogP contribution in [0, 0.1) is 12.3 Å². The lowest BCUT2D eigenvalue weighted by atomic mass is 9.90. The average Bonchev–Trinajstić information content (AvgIpc) is 2.28. The van der Waals surface area contributed by atoms with Gasteiger partial charge >= 0.3 is 6.18 Å². The molecule has 20 heavy (non-hydrogen) atoms. The van der Waals surface area contributed by atoms with Gasteiger partial charge in [0, 0.05) is 17.2 Å². The molecule has 5 heteroatoms. The molecule has 0 atom stereocenters. The summed E-state index contributed by atoms with van der Waals surface area (Å²) in [6.45, 7) is 6.57. The SMILES string of the molecule is Cc1ccc(N/C(=C/C(=O)C(C)(C)C)C(F)(F)F)cc1. The topological polar surface area (TPSA) is 29.1 Å². The van der Waals surface area contributed by atoms with Crippen molar-refractivity contribution in [2.45, 2.75) is 33.9 Å². The standard InChI is InChI=1S/C15H18F3NO/c1-10-5-7-11(8-6-10)19-12(15(16,17)18)9-13(20)14(2,3)4/h5-9,19H,1-4H3/b12-9+. The van der Waals surface area contributed by atoms with Crippen molar-refractivity contribution in [3.8, 4) is 0 Å². The number of nitrogens with one attached hydrogen (secondary N) is 1. The Morgan fingerprint density at radius 3 is 2.00 bits per heavy atom. The van der Waals surface area contributed by atoms with Gasteiger partial charge in [-0.05, 0) is 19.1 Å². The van der Waals surface area contributed by atoms with Crippen molar-refractivity contribution in [1.29, 1.82) is 0 Å². The molecule has 0 spiro atoms. The van der Waals surface area contributed by atoms with E-state index in [4.69, 9.17) is 0 Å². The van der Waals surface area contributed by atoms with E-state index in [0.717, 1.165) is 5.56 Å². The van der Waals surface area contributed by atoms with Crippen molar-refractivity contribution in [2.24, 2.45) is 5.41 Å². The van der Waals surface area contributed by atoms with Crippen molar-refractivity contribution in [1.82, 2.24) is 0 Å². The van der Waals surface area contributed by atoms with Gasteiger partial charge in [0.15, 0.2) is 5.78 Å². The van der Waals surface area contributed by atoms with Gasteiger partial charge in [0.05, 0.1) is 0 Å². The summed E-state index contributed by atoms with van der Waals surface area (Å²) in [6, 6.07) is 6.47. The Morgan fingerprint density at radius 2 is 1.60 bits per heavy atom. The zero-order valence-corrected chi connectivity index (χ0v) is 11.9. The Bertz CT molecular complexity index is 507. The number of aryl methyl sites for hydroxylation is 1. The van der Waals surface area contributed by atoms with E-state index in [-0.39, 0.29) is 0 Å². The number of halogens is 3. The summed E-state index contributed by atoms with van der Waals surface area (Å²) in [5.41, 5.74) is -0.674. The summed E-state index contributed by atoms with van der Waals surface area (Å²) in [4.78, 5) is 11.7. The fraction of sp³-hybridized carbons (Fsp3) is 0.400. The van der Waals surface area contributed by atoms with Gasteiger partial charge < -0.3 is 5.32 Å². The van der Waals surface area contributed by atoms with Crippen molar-refractivity contribution in [2.75, 3.05) is 5.32 Å². The van der Waals surface area contributed by atoms with Crippen molar-refractivity contribution in [3.05, 3.63) is 41.6 Å². The van der Waals surface area contributed by atoms with Gasteiger partial charge in [-0.3, -0.25) is 4.79 Å². The quantitative estimate of drug-likeness (QED) is 0.830. The molecule has 1 aromatic rings. The molecule has 0 fully saturated rings. The second-order valence-electron chi connectivity index (χ2n) is 5.66. The number of alkyl halides is 3. The van der Waals surface area contributed by atoms with Gasteiger partial charge in [-0.2, -0.15) is 13.2 Å². The van der Waals surface area contributed by atoms with E-state index in [2.05, 4.69) is 5.32 Å². The zero-order chi connectivity index (χ0) is 15.6. The number of rotatable bonds is 3. The highest BCUT2D eigenvalue weighted by atomic mass is 19.4. The van der Waals surface area contributed by atoms with E-state index < -0.39 is 23.1 Å². The first-order valence-corrected chi connectivity index (χ1v) is 6.17. The van der Waals surface area contributed by atoms with Crippen LogP contribution in [0.3, 0.4) is 0 Å². The third kappa shape index (κ3) is 4.72. The highest BCUT2D eigenvalue weighted by molar-refractivity contribution is 5.95. The maximum atomic E-state index is 13.0. The minimum absolute atomic E-state index is 0.292. The molecule has 0 heterocycles. The van der Waals surface area contributed by atoms with E-state index in [1.54, 1.807) is 32.9 Å². The molecule has 0 radical (unpaired) electrons. The molecule has 1 rings (SSSR count). The smallest absolute Gasteiger partial charge is 0.351 e. The largest absolute Gasteiger partial charge is 0.431 e. The predicted molar refractivity (Wildman–Crippen MR) is 73.4 cm³/mol. The Hall–Kier alpha value is -1.78. The monoisotopic (exact) mass is 285 g/mol. The van der Waals surface area contributed by atoms with Crippen molar-refractivity contribution >= 4 is 11.5 Å². The number of hydrogen-bond donors (Lipinski definition) is 1. The van der Waals surface area contributed by atoms with E-state index in [0.29, 0.717) is 11.8 Å². The third-order valence-corrected chi connectivity index (χ3v) is 2.65. The highest BCUT2D eigenvalue weighted by Gasteiger charge is 2.35. The van der Waals surface area contributed by atoms with Crippen LogP contribution in [0.25, 0.3) is 0 Å². The zero-order valence-electron chi connectivity index (χ0n) is 11.9. The molecule has 0 saturated heterocycles. The first-order valence-electron chi connectivity index (χ1n) is 6.17. The second kappa shape index (κ2) is 5.69. The molecule has 0 aromatic heterocycles. The maximum absolute atomic E-state index is 13.0. The summed E-state index contributed by atoms with van der Waals surface area (Å²) in [7, 11) is 0. The normalized spacial score (nSPS) is 13.2. The Kier molecular flexibility index (Phi) is 4.63. The third-order valence-electron chi connectivity index (χ3n) is 2.65. The van der Waals surface area contributed by atoms with E-state index in [9.17, 15) is 18.0 Å². The number of carbonyl (C=O) groups excluding carboxylic acids is 1. The Morgan fingerprint density at radius 1 is 1.10 bits per heavy atom. The average molecular weight is 285 g/mol. The van der Waals surface area contributed by atoms with Gasteiger partial charge in [0.25, 0.3) is 0 Å². The van der Waals surface area contributed by atoms with E-state index >= 15 is 0 Å². The first-order chi connectivity index (χ1) is 9.00. The molecule has 0 unspecified atom stereocenters. The maximum Gasteiger partial charge on any atom is 0.431 e. The second-order valence-corrected chi connectivity index (χ2v) is 5.66. The molecule has 0 aliphatic heterocycles. The van der Waals surface area contributed by atoms with Crippen LogP contribution in [-0.2, 0) is 4.79 Å². The molecule has 0 saturated carbocycles. The minimum atomic E-state index is -4.61. The number of carbonyl (C=O) groups is 1. The molecular weight excluding hydrogens is 267 g/mol. The molecular formula is C15H18F3NO. The van der Waals surface area contributed by atoms with Crippen LogP contribution >= 0.6 is 0 Å². The first kappa shape index (κ1) is 16.3. The summed E-state index contributed by atoms with van der Waals surface area (Å²) in [6.07, 6.45) is -3.98. The number of benzene rings is 1. The lowest BCUT2D eigenvalue weighted by Crippen LogP contribution is -2.24. The number of allylic oxidation sites excluding steroid dienone is 2. The van der Waals surface area contributed by atoms with Crippen LogP contribution < -0.4 is 5.32 Å². The van der Waals surface area contributed by atoms with Crippen LogP contribution in [-0.4, -0.2) is 12.0 Å². The van der Waals surface area contributed by atoms with E-state index in [1.807, 2.05) is 6.92 Å². The highest BCUT2D eigenvalue weighted by Crippen LogP contribution is 2.28. The fourth-order valence-electron chi connectivity index (χ4n) is 1.33. The molecule has 1 N–H and O–H groups in total. The number of hydrogen-bond acceptors (Lipinski definition) is 2. The molecule has 110 valence electrons. The van der Waals surface area contributed by atoms with Gasteiger partial charge in [0.1, 0.15) is 5.70 Å². The molecule has 1 aromatic carbocycles. The number of ketones is 1. The van der Waals surface area contributed by atoms with Gasteiger partial charge in [-0.25, -0.2) is 0 Å². The van der Waals surface area contributed by atoms with E-state index in [1.165, 1.54) is 12.1 Å². The Balaban J connectivity index is 3.06.